The molecule has 4 rings (SSSR count). The first-order valence-electron chi connectivity index (χ1n) is 13.6. The van der Waals surface area contributed by atoms with Crippen LogP contribution in [0.1, 0.15) is 33.1 Å². The first-order chi connectivity index (χ1) is 18.8. The number of sulfonamides is 1. The Kier molecular flexibility index (Phi) is 11.2. The van der Waals surface area contributed by atoms with E-state index < -0.39 is 28.3 Å². The third-order valence-electron chi connectivity index (χ3n) is 6.79. The number of rotatable bonds is 12. The van der Waals surface area contributed by atoms with Crippen molar-refractivity contribution in [2.45, 2.75) is 60.1 Å². The van der Waals surface area contributed by atoms with Crippen LogP contribution in [-0.4, -0.2) is 81.9 Å². The standard InChI is InChI=1S/C28H39N3O6S2/c1-22(2)27(28(32)29-37-26-10-6-7-19-36-26)31(16-15-30-17-20-35-21-18-30)39(33,34)25-13-11-24(12-14-25)38-23-8-4-3-5-9-23/h3-5,8-9,11-14,22,26-27H,6-7,10,15-21H2,1-2H3,(H,29,32)/t26?,27-/m1/s1. The summed E-state index contributed by atoms with van der Waals surface area (Å²) in [5.74, 6) is -0.797. The van der Waals surface area contributed by atoms with E-state index in [-0.39, 0.29) is 17.4 Å². The zero-order valence-electron chi connectivity index (χ0n) is 22.7. The Hall–Kier alpha value is -1.99. The maximum atomic E-state index is 14.1. The summed E-state index contributed by atoms with van der Waals surface area (Å²) in [5, 5.41) is 0. The molecule has 214 valence electrons. The molecule has 2 aromatic rings. The van der Waals surface area contributed by atoms with Crippen molar-refractivity contribution in [1.82, 2.24) is 14.7 Å². The van der Waals surface area contributed by atoms with Crippen LogP contribution in [0.3, 0.4) is 0 Å². The molecule has 0 aliphatic carbocycles. The SMILES string of the molecule is CC(C)[C@H](C(=O)NOC1CCCCO1)N(CCN1CCOCC1)S(=O)(=O)c1ccc(Sc2ccccc2)cc1. The monoisotopic (exact) mass is 577 g/mol. The summed E-state index contributed by atoms with van der Waals surface area (Å²) >= 11 is 1.56. The number of nitrogens with one attached hydrogen (secondary N) is 1. The van der Waals surface area contributed by atoms with Crippen molar-refractivity contribution >= 4 is 27.7 Å². The minimum atomic E-state index is -4.01. The van der Waals surface area contributed by atoms with E-state index >= 15 is 0 Å². The van der Waals surface area contributed by atoms with E-state index in [2.05, 4.69) is 10.4 Å². The fraction of sp³-hybridized carbons (Fsp3) is 0.536. The number of ether oxygens (including phenoxy) is 2. The Bertz CT molecular complexity index is 1140. The van der Waals surface area contributed by atoms with Crippen molar-refractivity contribution in [3.63, 3.8) is 0 Å². The number of amides is 1. The van der Waals surface area contributed by atoms with Crippen molar-refractivity contribution < 1.29 is 27.5 Å². The van der Waals surface area contributed by atoms with Gasteiger partial charge in [-0.3, -0.25) is 9.69 Å². The molecule has 2 atom stereocenters. The largest absolute Gasteiger partial charge is 0.379 e. The summed E-state index contributed by atoms with van der Waals surface area (Å²) in [6.07, 6.45) is 2.06. The predicted octanol–water partition coefficient (Wildman–Crippen LogP) is 3.76. The van der Waals surface area contributed by atoms with Gasteiger partial charge < -0.3 is 9.47 Å². The summed E-state index contributed by atoms with van der Waals surface area (Å²) in [7, 11) is -4.01. The van der Waals surface area contributed by atoms with Gasteiger partial charge in [-0.1, -0.05) is 43.8 Å². The Balaban J connectivity index is 1.54. The van der Waals surface area contributed by atoms with E-state index in [0.29, 0.717) is 32.8 Å². The summed E-state index contributed by atoms with van der Waals surface area (Å²) in [5.41, 5.74) is 2.51. The lowest BCUT2D eigenvalue weighted by Crippen LogP contribution is -2.55. The third-order valence-corrected chi connectivity index (χ3v) is 9.70. The lowest BCUT2D eigenvalue weighted by atomic mass is 10.0. The number of hydroxylamine groups is 1. The minimum absolute atomic E-state index is 0.150. The topological polar surface area (TPSA) is 97.4 Å². The summed E-state index contributed by atoms with van der Waals surface area (Å²) in [6.45, 7) is 7.59. The van der Waals surface area contributed by atoms with Gasteiger partial charge in [0.15, 0.2) is 6.29 Å². The predicted molar refractivity (Wildman–Crippen MR) is 150 cm³/mol. The molecule has 0 spiro atoms. The number of carbonyl (C=O) groups is 1. The molecule has 2 aromatic carbocycles. The van der Waals surface area contributed by atoms with Crippen molar-refractivity contribution in [3.8, 4) is 0 Å². The van der Waals surface area contributed by atoms with Crippen LogP contribution >= 0.6 is 11.8 Å². The van der Waals surface area contributed by atoms with Gasteiger partial charge in [0.25, 0.3) is 5.91 Å². The molecular formula is C28H39N3O6S2. The molecule has 0 radical (unpaired) electrons. The van der Waals surface area contributed by atoms with E-state index in [1.807, 2.05) is 44.2 Å². The fourth-order valence-electron chi connectivity index (χ4n) is 4.67. The first kappa shape index (κ1) is 30.0. The molecule has 0 bridgehead atoms. The highest BCUT2D eigenvalue weighted by Crippen LogP contribution is 2.30. The maximum Gasteiger partial charge on any atom is 0.262 e. The van der Waals surface area contributed by atoms with Crippen molar-refractivity contribution in [2.24, 2.45) is 5.92 Å². The molecule has 2 saturated heterocycles. The second-order valence-corrected chi connectivity index (χ2v) is 13.1. The van der Waals surface area contributed by atoms with Gasteiger partial charge in [-0.15, -0.1) is 0 Å². The summed E-state index contributed by atoms with van der Waals surface area (Å²) < 4.78 is 40.4. The van der Waals surface area contributed by atoms with Crippen LogP contribution in [0.4, 0.5) is 0 Å². The van der Waals surface area contributed by atoms with Crippen LogP contribution in [-0.2, 0) is 29.1 Å². The molecule has 2 aliphatic heterocycles. The van der Waals surface area contributed by atoms with Gasteiger partial charge in [0.2, 0.25) is 10.0 Å². The molecule has 2 heterocycles. The van der Waals surface area contributed by atoms with Gasteiger partial charge in [-0.25, -0.2) is 18.7 Å². The Morgan fingerprint density at radius 3 is 2.38 bits per heavy atom. The van der Waals surface area contributed by atoms with E-state index in [1.54, 1.807) is 36.0 Å². The molecule has 1 N–H and O–H groups in total. The third kappa shape index (κ3) is 8.50. The fourth-order valence-corrected chi connectivity index (χ4v) is 7.22. The number of hydrogen-bond donors (Lipinski definition) is 1. The molecule has 1 unspecified atom stereocenters. The molecule has 2 fully saturated rings. The molecule has 11 heteroatoms. The number of hydrogen-bond acceptors (Lipinski definition) is 8. The quantitative estimate of drug-likeness (QED) is 0.381. The molecule has 39 heavy (non-hydrogen) atoms. The maximum absolute atomic E-state index is 14.1. The minimum Gasteiger partial charge on any atom is -0.379 e. The molecule has 1 amide bonds. The normalized spacial score (nSPS) is 19.7. The second-order valence-electron chi connectivity index (χ2n) is 10.0. The van der Waals surface area contributed by atoms with E-state index in [0.717, 1.165) is 35.7 Å². The highest BCUT2D eigenvalue weighted by molar-refractivity contribution is 7.99. The number of morpholine rings is 1. The Labute approximate surface area is 236 Å². The zero-order valence-corrected chi connectivity index (χ0v) is 24.3. The van der Waals surface area contributed by atoms with Crippen molar-refractivity contribution in [2.75, 3.05) is 46.0 Å². The number of nitrogens with zero attached hydrogens (tertiary/aromatic N) is 2. The zero-order chi connectivity index (χ0) is 27.7. The molecule has 0 saturated carbocycles. The molecule has 9 nitrogen and oxygen atoms in total. The van der Waals surface area contributed by atoms with Gasteiger partial charge in [0.1, 0.15) is 6.04 Å². The van der Waals surface area contributed by atoms with Gasteiger partial charge >= 0.3 is 0 Å². The van der Waals surface area contributed by atoms with Crippen LogP contribution in [0.15, 0.2) is 69.3 Å². The number of benzene rings is 2. The van der Waals surface area contributed by atoms with Crippen LogP contribution in [0, 0.1) is 5.92 Å². The molecular weight excluding hydrogens is 538 g/mol. The summed E-state index contributed by atoms with van der Waals surface area (Å²) in [4.78, 5) is 23.3. The van der Waals surface area contributed by atoms with Crippen LogP contribution in [0.25, 0.3) is 0 Å². The first-order valence-corrected chi connectivity index (χ1v) is 15.8. The summed E-state index contributed by atoms with van der Waals surface area (Å²) in [6, 6.07) is 15.8. The Morgan fingerprint density at radius 2 is 1.74 bits per heavy atom. The van der Waals surface area contributed by atoms with Gasteiger partial charge in [0.05, 0.1) is 18.1 Å². The van der Waals surface area contributed by atoms with Gasteiger partial charge in [-0.2, -0.15) is 4.31 Å². The van der Waals surface area contributed by atoms with Crippen molar-refractivity contribution in [3.05, 3.63) is 54.6 Å². The molecule has 0 aromatic heterocycles. The van der Waals surface area contributed by atoms with Crippen LogP contribution in [0.5, 0.6) is 0 Å². The molecule has 2 aliphatic rings. The van der Waals surface area contributed by atoms with E-state index in [9.17, 15) is 13.2 Å². The highest BCUT2D eigenvalue weighted by Gasteiger charge is 2.38. The van der Waals surface area contributed by atoms with Gasteiger partial charge in [-0.05, 0) is 55.2 Å². The average molecular weight is 578 g/mol. The van der Waals surface area contributed by atoms with E-state index in [4.69, 9.17) is 14.3 Å². The van der Waals surface area contributed by atoms with E-state index in [1.165, 1.54) is 4.31 Å². The average Bonchev–Trinajstić information content (AvgIpc) is 2.95. The van der Waals surface area contributed by atoms with Gasteiger partial charge in [0, 0.05) is 49.0 Å². The number of carbonyl (C=O) groups excluding carboxylic acids is 1. The van der Waals surface area contributed by atoms with Crippen LogP contribution < -0.4 is 5.48 Å². The lowest BCUT2D eigenvalue weighted by molar-refractivity contribution is -0.202. The van der Waals surface area contributed by atoms with Crippen LogP contribution in [0.2, 0.25) is 0 Å². The van der Waals surface area contributed by atoms with Crippen molar-refractivity contribution in [1.29, 1.82) is 0 Å². The smallest absolute Gasteiger partial charge is 0.262 e. The lowest BCUT2D eigenvalue weighted by Gasteiger charge is -2.35. The Morgan fingerprint density at radius 1 is 1.05 bits per heavy atom. The highest BCUT2D eigenvalue weighted by atomic mass is 32.2. The second kappa shape index (κ2) is 14.6.